The van der Waals surface area contributed by atoms with Gasteiger partial charge in [-0.05, 0) is 19.1 Å². The Morgan fingerprint density at radius 3 is 2.59 bits per heavy atom. The SMILES string of the molecule is Cc1nc(COc2ccccc2)nc(N)c1F. The average Bonchev–Trinajstić information content (AvgIpc) is 2.34. The minimum atomic E-state index is -0.575. The molecule has 0 atom stereocenters. The summed E-state index contributed by atoms with van der Waals surface area (Å²) in [5.74, 6) is 0.347. The van der Waals surface area contributed by atoms with Gasteiger partial charge < -0.3 is 10.5 Å². The number of aromatic nitrogens is 2. The number of para-hydroxylation sites is 1. The highest BCUT2D eigenvalue weighted by atomic mass is 19.1. The van der Waals surface area contributed by atoms with Crippen LogP contribution in [0.15, 0.2) is 30.3 Å². The molecule has 1 aromatic heterocycles. The normalized spacial score (nSPS) is 10.2. The Labute approximate surface area is 98.3 Å². The van der Waals surface area contributed by atoms with Crippen LogP contribution in [0.2, 0.25) is 0 Å². The molecule has 0 radical (unpaired) electrons. The van der Waals surface area contributed by atoms with Gasteiger partial charge in [0.2, 0.25) is 0 Å². The molecule has 88 valence electrons. The number of rotatable bonds is 3. The predicted octanol–water partition coefficient (Wildman–Crippen LogP) is 2.09. The third kappa shape index (κ3) is 2.69. The van der Waals surface area contributed by atoms with Crippen molar-refractivity contribution in [3.63, 3.8) is 0 Å². The molecule has 0 saturated heterocycles. The Hall–Kier alpha value is -2.17. The average molecular weight is 233 g/mol. The summed E-state index contributed by atoms with van der Waals surface area (Å²) in [5.41, 5.74) is 5.63. The topological polar surface area (TPSA) is 61.0 Å². The lowest BCUT2D eigenvalue weighted by atomic mass is 10.3. The summed E-state index contributed by atoms with van der Waals surface area (Å²) in [6.07, 6.45) is 0. The predicted molar refractivity (Wildman–Crippen MR) is 61.9 cm³/mol. The van der Waals surface area contributed by atoms with Gasteiger partial charge in [-0.15, -0.1) is 0 Å². The van der Waals surface area contributed by atoms with Gasteiger partial charge in [-0.2, -0.15) is 0 Å². The molecule has 2 N–H and O–H groups in total. The van der Waals surface area contributed by atoms with E-state index in [1.54, 1.807) is 6.92 Å². The molecule has 0 aliphatic rings. The molecule has 5 heteroatoms. The van der Waals surface area contributed by atoms with Crippen LogP contribution >= 0.6 is 0 Å². The number of aryl methyl sites for hydroxylation is 1. The van der Waals surface area contributed by atoms with Crippen molar-refractivity contribution in [2.75, 3.05) is 5.73 Å². The third-order valence-electron chi connectivity index (χ3n) is 2.20. The smallest absolute Gasteiger partial charge is 0.186 e. The Morgan fingerprint density at radius 1 is 1.24 bits per heavy atom. The lowest BCUT2D eigenvalue weighted by Crippen LogP contribution is -2.08. The summed E-state index contributed by atoms with van der Waals surface area (Å²) in [4.78, 5) is 7.77. The van der Waals surface area contributed by atoms with Crippen LogP contribution in [0.25, 0.3) is 0 Å². The van der Waals surface area contributed by atoms with E-state index in [4.69, 9.17) is 10.5 Å². The number of ether oxygens (including phenoxy) is 1. The van der Waals surface area contributed by atoms with Crippen molar-refractivity contribution < 1.29 is 9.13 Å². The van der Waals surface area contributed by atoms with Crippen LogP contribution < -0.4 is 10.5 Å². The van der Waals surface area contributed by atoms with Crippen molar-refractivity contribution >= 4 is 5.82 Å². The molecule has 0 spiro atoms. The van der Waals surface area contributed by atoms with Crippen LogP contribution in [0.3, 0.4) is 0 Å². The second-order valence-electron chi connectivity index (χ2n) is 3.53. The largest absolute Gasteiger partial charge is 0.486 e. The van der Waals surface area contributed by atoms with Crippen LogP contribution in [0, 0.1) is 12.7 Å². The maximum absolute atomic E-state index is 13.2. The summed E-state index contributed by atoms with van der Waals surface area (Å²) in [6.45, 7) is 1.70. The van der Waals surface area contributed by atoms with Gasteiger partial charge in [0, 0.05) is 0 Å². The number of nitrogens with two attached hydrogens (primary N) is 1. The lowest BCUT2D eigenvalue weighted by molar-refractivity contribution is 0.295. The fourth-order valence-electron chi connectivity index (χ4n) is 1.37. The van der Waals surface area contributed by atoms with Gasteiger partial charge >= 0.3 is 0 Å². The first kappa shape index (κ1) is 11.3. The number of anilines is 1. The van der Waals surface area contributed by atoms with Crippen molar-refractivity contribution in [3.8, 4) is 5.75 Å². The Kier molecular flexibility index (Phi) is 3.18. The number of halogens is 1. The molecule has 17 heavy (non-hydrogen) atoms. The standard InChI is InChI=1S/C12H12FN3O/c1-8-11(13)12(14)16-10(15-8)7-17-9-5-3-2-4-6-9/h2-6H,7H2,1H3,(H2,14,15,16). The molecule has 2 rings (SSSR count). The fraction of sp³-hybridized carbons (Fsp3) is 0.167. The van der Waals surface area contributed by atoms with E-state index in [1.165, 1.54) is 0 Å². The number of hydrogen-bond acceptors (Lipinski definition) is 4. The summed E-state index contributed by atoms with van der Waals surface area (Å²) in [7, 11) is 0. The second-order valence-corrected chi connectivity index (χ2v) is 3.53. The lowest BCUT2D eigenvalue weighted by Gasteiger charge is -2.06. The molecule has 1 heterocycles. The fourth-order valence-corrected chi connectivity index (χ4v) is 1.37. The van der Waals surface area contributed by atoms with Crippen molar-refractivity contribution in [1.29, 1.82) is 0 Å². The zero-order valence-electron chi connectivity index (χ0n) is 9.35. The molecule has 0 saturated carbocycles. The van der Waals surface area contributed by atoms with Crippen LogP contribution in [-0.4, -0.2) is 9.97 Å². The van der Waals surface area contributed by atoms with Crippen molar-refractivity contribution in [1.82, 2.24) is 9.97 Å². The van der Waals surface area contributed by atoms with Crippen LogP contribution in [0.4, 0.5) is 10.2 Å². The Morgan fingerprint density at radius 2 is 1.94 bits per heavy atom. The van der Waals surface area contributed by atoms with E-state index in [0.717, 1.165) is 0 Å². The molecule has 0 unspecified atom stereocenters. The van der Waals surface area contributed by atoms with E-state index >= 15 is 0 Å². The first-order chi connectivity index (χ1) is 8.16. The second kappa shape index (κ2) is 4.78. The van der Waals surface area contributed by atoms with E-state index in [9.17, 15) is 4.39 Å². The molecular weight excluding hydrogens is 221 g/mol. The Bertz CT molecular complexity index is 493. The van der Waals surface area contributed by atoms with E-state index in [-0.39, 0.29) is 18.1 Å². The minimum absolute atomic E-state index is 0.149. The summed E-state index contributed by atoms with van der Waals surface area (Å²) in [6, 6.07) is 9.25. The van der Waals surface area contributed by atoms with Gasteiger partial charge in [-0.1, -0.05) is 18.2 Å². The number of hydrogen-bond donors (Lipinski definition) is 1. The highest BCUT2D eigenvalue weighted by Crippen LogP contribution is 2.13. The summed E-state index contributed by atoms with van der Waals surface area (Å²) >= 11 is 0. The van der Waals surface area contributed by atoms with Crippen LogP contribution in [-0.2, 0) is 6.61 Å². The van der Waals surface area contributed by atoms with Gasteiger partial charge in [0.15, 0.2) is 17.5 Å². The zero-order chi connectivity index (χ0) is 12.3. The zero-order valence-corrected chi connectivity index (χ0v) is 9.35. The summed E-state index contributed by atoms with van der Waals surface area (Å²) in [5, 5.41) is 0. The molecule has 0 amide bonds. The first-order valence-electron chi connectivity index (χ1n) is 5.13. The van der Waals surface area contributed by atoms with Gasteiger partial charge in [0.1, 0.15) is 12.4 Å². The maximum atomic E-state index is 13.2. The van der Waals surface area contributed by atoms with Crippen molar-refractivity contribution in [3.05, 3.63) is 47.7 Å². The molecule has 0 fully saturated rings. The highest BCUT2D eigenvalue weighted by molar-refractivity contribution is 5.32. The van der Waals surface area contributed by atoms with Gasteiger partial charge in [-0.25, -0.2) is 14.4 Å². The molecule has 0 bridgehead atoms. The van der Waals surface area contributed by atoms with Gasteiger partial charge in [-0.3, -0.25) is 0 Å². The number of nitrogens with zero attached hydrogens (tertiary/aromatic N) is 2. The number of nitrogen functional groups attached to an aromatic ring is 1. The molecule has 0 aliphatic carbocycles. The molecule has 0 aliphatic heterocycles. The molecule has 4 nitrogen and oxygen atoms in total. The van der Waals surface area contributed by atoms with Crippen molar-refractivity contribution in [2.45, 2.75) is 13.5 Å². The van der Waals surface area contributed by atoms with E-state index < -0.39 is 5.82 Å². The Balaban J connectivity index is 2.10. The minimum Gasteiger partial charge on any atom is -0.486 e. The van der Waals surface area contributed by atoms with Gasteiger partial charge in [0.05, 0.1) is 5.69 Å². The first-order valence-corrected chi connectivity index (χ1v) is 5.13. The molecular formula is C12H12FN3O. The van der Waals surface area contributed by atoms with Crippen LogP contribution in [0.1, 0.15) is 11.5 Å². The maximum Gasteiger partial charge on any atom is 0.186 e. The van der Waals surface area contributed by atoms with E-state index in [2.05, 4.69) is 9.97 Å². The van der Waals surface area contributed by atoms with Gasteiger partial charge in [0.25, 0.3) is 0 Å². The van der Waals surface area contributed by atoms with E-state index in [0.29, 0.717) is 11.6 Å². The quantitative estimate of drug-likeness (QED) is 0.881. The third-order valence-corrected chi connectivity index (χ3v) is 2.20. The highest BCUT2D eigenvalue weighted by Gasteiger charge is 2.08. The molecule has 1 aromatic carbocycles. The van der Waals surface area contributed by atoms with Crippen LogP contribution in [0.5, 0.6) is 5.75 Å². The van der Waals surface area contributed by atoms with E-state index in [1.807, 2.05) is 30.3 Å². The number of benzene rings is 1. The monoisotopic (exact) mass is 233 g/mol. The summed E-state index contributed by atoms with van der Waals surface area (Å²) < 4.78 is 18.6. The van der Waals surface area contributed by atoms with Crippen molar-refractivity contribution in [2.24, 2.45) is 0 Å². The molecule has 2 aromatic rings.